The minimum absolute atomic E-state index is 0.0192. The predicted octanol–water partition coefficient (Wildman–Crippen LogP) is 5.07. The Hall–Kier alpha value is -3.40. The van der Waals surface area contributed by atoms with Gasteiger partial charge in [0.15, 0.2) is 5.82 Å². The molecular weight excluding hydrogens is 715 g/mol. The number of benzene rings is 1. The van der Waals surface area contributed by atoms with E-state index < -0.39 is 0 Å². The van der Waals surface area contributed by atoms with E-state index in [1.807, 2.05) is 18.2 Å². The van der Waals surface area contributed by atoms with E-state index in [9.17, 15) is 9.59 Å². The predicted molar refractivity (Wildman–Crippen MR) is 220 cm³/mol. The number of nitrogens with zero attached hydrogens (tertiary/aromatic N) is 3. The van der Waals surface area contributed by atoms with Crippen molar-refractivity contribution in [3.8, 4) is 0 Å². The zero-order valence-corrected chi connectivity index (χ0v) is 33.9. The SMILES string of the molecule is CCCCc1nc2c(N)nc3ccccc3c2n1CCCCNC(=O)CCOCCOCCOCCOCCOCCC(=O)NCC1CCCCCCC(N)C1. The number of imidazole rings is 1. The lowest BCUT2D eigenvalue weighted by Crippen LogP contribution is -2.33. The molecule has 1 aromatic carbocycles. The fraction of sp³-hybridized carbons (Fsp3) is 0.714. The Morgan fingerprint density at radius 3 is 2.04 bits per heavy atom. The lowest BCUT2D eigenvalue weighted by Gasteiger charge is -2.20. The molecule has 2 atom stereocenters. The van der Waals surface area contributed by atoms with Gasteiger partial charge in [0.25, 0.3) is 0 Å². The van der Waals surface area contributed by atoms with E-state index in [-0.39, 0.29) is 17.9 Å². The van der Waals surface area contributed by atoms with Crippen LogP contribution in [0.4, 0.5) is 5.82 Å². The topological polar surface area (TPSA) is 187 Å². The molecule has 2 aromatic heterocycles. The Kier molecular flexibility index (Phi) is 22.1. The number of rotatable bonds is 28. The molecular formula is C42H69N7O7. The van der Waals surface area contributed by atoms with Gasteiger partial charge < -0.3 is 50.4 Å². The Labute approximate surface area is 333 Å². The monoisotopic (exact) mass is 784 g/mol. The third kappa shape index (κ3) is 17.0. The molecule has 0 spiro atoms. The van der Waals surface area contributed by atoms with Crippen molar-refractivity contribution >= 4 is 39.6 Å². The van der Waals surface area contributed by atoms with Gasteiger partial charge in [0.2, 0.25) is 11.8 Å². The van der Waals surface area contributed by atoms with Gasteiger partial charge in [-0.1, -0.05) is 57.2 Å². The maximum atomic E-state index is 12.3. The van der Waals surface area contributed by atoms with Gasteiger partial charge in [-0.05, 0) is 50.5 Å². The van der Waals surface area contributed by atoms with Crippen molar-refractivity contribution in [3.05, 3.63) is 30.1 Å². The van der Waals surface area contributed by atoms with Gasteiger partial charge in [0.1, 0.15) is 11.3 Å². The summed E-state index contributed by atoms with van der Waals surface area (Å²) in [5.74, 6) is 1.98. The fourth-order valence-electron chi connectivity index (χ4n) is 7.08. The van der Waals surface area contributed by atoms with Crippen molar-refractivity contribution in [1.82, 2.24) is 25.2 Å². The average Bonchev–Trinajstić information content (AvgIpc) is 3.61. The number of hydrogen-bond donors (Lipinski definition) is 4. The zero-order valence-electron chi connectivity index (χ0n) is 33.9. The first-order valence-corrected chi connectivity index (χ1v) is 21.2. The molecule has 1 aliphatic carbocycles. The van der Waals surface area contributed by atoms with Crippen LogP contribution in [0.3, 0.4) is 0 Å². The standard InChI is InChI=1S/C42H69N7O7/c1-2-3-16-37-48-40-41(35-14-8-9-15-36(35)47-42(40)44)49(37)20-11-10-19-45-38(50)17-21-52-23-25-54-27-29-56-30-28-55-26-24-53-22-18-39(51)46-32-33-12-6-4-5-7-13-34(43)31-33/h8-9,14-15,33-34H,2-7,10-13,16-32,43H2,1H3,(H2,44,47)(H,45,50)(H,46,51). The van der Waals surface area contributed by atoms with Gasteiger partial charge in [-0.2, -0.15) is 0 Å². The number of aryl methyl sites for hydroxylation is 2. The second-order valence-electron chi connectivity index (χ2n) is 14.8. The molecule has 4 rings (SSSR count). The highest BCUT2D eigenvalue weighted by Crippen LogP contribution is 2.29. The van der Waals surface area contributed by atoms with Crippen LogP contribution in [-0.2, 0) is 46.2 Å². The molecule has 1 aliphatic rings. The van der Waals surface area contributed by atoms with E-state index in [1.165, 1.54) is 25.7 Å². The van der Waals surface area contributed by atoms with E-state index >= 15 is 0 Å². The maximum absolute atomic E-state index is 12.3. The van der Waals surface area contributed by atoms with Crippen molar-refractivity contribution in [1.29, 1.82) is 0 Å². The molecule has 6 N–H and O–H groups in total. The van der Waals surface area contributed by atoms with E-state index in [1.54, 1.807) is 0 Å². The van der Waals surface area contributed by atoms with Gasteiger partial charge in [-0.15, -0.1) is 0 Å². The molecule has 0 aliphatic heterocycles. The minimum atomic E-state index is -0.0192. The summed E-state index contributed by atoms with van der Waals surface area (Å²) in [6.07, 6.45) is 13.7. The number of para-hydroxylation sites is 1. The maximum Gasteiger partial charge on any atom is 0.222 e. The lowest BCUT2D eigenvalue weighted by atomic mass is 9.94. The molecule has 2 heterocycles. The Balaban J connectivity index is 0.914. The average molecular weight is 784 g/mol. The number of aromatic nitrogens is 3. The number of carbonyl (C=O) groups excluding carboxylic acids is 2. The van der Waals surface area contributed by atoms with Crippen molar-refractivity contribution in [2.24, 2.45) is 11.7 Å². The van der Waals surface area contributed by atoms with Crippen LogP contribution in [0.1, 0.15) is 96.2 Å². The minimum Gasteiger partial charge on any atom is -0.382 e. The van der Waals surface area contributed by atoms with Crippen LogP contribution >= 0.6 is 0 Å². The quantitative estimate of drug-likeness (QED) is 0.0721. The number of pyridine rings is 1. The molecule has 0 saturated heterocycles. The van der Waals surface area contributed by atoms with E-state index in [0.29, 0.717) is 104 Å². The summed E-state index contributed by atoms with van der Waals surface area (Å²) in [5.41, 5.74) is 15.3. The first kappa shape index (κ1) is 45.3. The summed E-state index contributed by atoms with van der Waals surface area (Å²) in [5, 5.41) is 7.13. The van der Waals surface area contributed by atoms with E-state index in [4.69, 9.17) is 40.1 Å². The van der Waals surface area contributed by atoms with Gasteiger partial charge in [-0.3, -0.25) is 9.59 Å². The Morgan fingerprint density at radius 2 is 1.38 bits per heavy atom. The molecule has 2 unspecified atom stereocenters. The van der Waals surface area contributed by atoms with Crippen molar-refractivity contribution in [3.63, 3.8) is 0 Å². The summed E-state index contributed by atoms with van der Waals surface area (Å²) >= 11 is 0. The smallest absolute Gasteiger partial charge is 0.222 e. The number of hydrogen-bond acceptors (Lipinski definition) is 11. The van der Waals surface area contributed by atoms with Gasteiger partial charge >= 0.3 is 0 Å². The zero-order chi connectivity index (χ0) is 39.6. The molecule has 56 heavy (non-hydrogen) atoms. The molecule has 1 saturated carbocycles. The summed E-state index contributed by atoms with van der Waals surface area (Å²) in [7, 11) is 0. The molecule has 314 valence electrons. The summed E-state index contributed by atoms with van der Waals surface area (Å²) < 4.78 is 30.0. The van der Waals surface area contributed by atoms with Crippen molar-refractivity contribution < 1.29 is 33.3 Å². The highest BCUT2D eigenvalue weighted by Gasteiger charge is 2.18. The highest BCUT2D eigenvalue weighted by molar-refractivity contribution is 6.06. The highest BCUT2D eigenvalue weighted by atomic mass is 16.6. The number of nitrogens with two attached hydrogens (primary N) is 2. The van der Waals surface area contributed by atoms with E-state index in [2.05, 4.69) is 33.2 Å². The second-order valence-corrected chi connectivity index (χ2v) is 14.8. The third-order valence-corrected chi connectivity index (χ3v) is 10.2. The van der Waals surface area contributed by atoms with Crippen LogP contribution in [0.25, 0.3) is 21.9 Å². The first-order valence-electron chi connectivity index (χ1n) is 21.2. The number of amides is 2. The van der Waals surface area contributed by atoms with Crippen molar-refractivity contribution in [2.75, 3.05) is 84.9 Å². The molecule has 2 amide bonds. The second kappa shape index (κ2) is 27.3. The molecule has 0 bridgehead atoms. The molecule has 1 fully saturated rings. The number of anilines is 1. The molecule has 14 heteroatoms. The van der Waals surface area contributed by atoms with Crippen LogP contribution < -0.4 is 22.1 Å². The summed E-state index contributed by atoms with van der Waals surface area (Å²) in [6, 6.07) is 8.31. The largest absolute Gasteiger partial charge is 0.382 e. The lowest BCUT2D eigenvalue weighted by molar-refractivity contribution is -0.123. The fourth-order valence-corrected chi connectivity index (χ4v) is 7.08. The number of unbranched alkanes of at least 4 members (excludes halogenated alkanes) is 2. The molecule has 3 aromatic rings. The van der Waals surface area contributed by atoms with Gasteiger partial charge in [0.05, 0.1) is 77.1 Å². The normalized spacial score (nSPS) is 16.5. The van der Waals surface area contributed by atoms with E-state index in [0.717, 1.165) is 85.7 Å². The summed E-state index contributed by atoms with van der Waals surface area (Å²) in [4.78, 5) is 34.0. The number of nitrogen functional groups attached to an aromatic ring is 1. The Bertz CT molecular complexity index is 1550. The van der Waals surface area contributed by atoms with Gasteiger partial charge in [0, 0.05) is 50.3 Å². The third-order valence-electron chi connectivity index (χ3n) is 10.2. The van der Waals surface area contributed by atoms with Crippen LogP contribution in [0, 0.1) is 5.92 Å². The van der Waals surface area contributed by atoms with Crippen LogP contribution in [0.2, 0.25) is 0 Å². The number of nitrogens with one attached hydrogen (secondary N) is 2. The van der Waals surface area contributed by atoms with Crippen LogP contribution in [0.5, 0.6) is 0 Å². The summed E-state index contributed by atoms with van der Waals surface area (Å²) in [6.45, 7) is 8.62. The number of ether oxygens (including phenoxy) is 5. The Morgan fingerprint density at radius 1 is 0.768 bits per heavy atom. The first-order chi connectivity index (χ1) is 27.5. The molecule has 14 nitrogen and oxygen atoms in total. The van der Waals surface area contributed by atoms with Crippen LogP contribution in [0.15, 0.2) is 24.3 Å². The van der Waals surface area contributed by atoms with Crippen molar-refractivity contribution in [2.45, 2.75) is 109 Å². The number of carbonyl (C=O) groups is 2. The molecule has 0 radical (unpaired) electrons. The number of fused-ring (bicyclic) bond motifs is 3. The van der Waals surface area contributed by atoms with Gasteiger partial charge in [-0.25, -0.2) is 9.97 Å². The van der Waals surface area contributed by atoms with Crippen LogP contribution in [-0.4, -0.2) is 112 Å².